The van der Waals surface area contributed by atoms with Crippen molar-refractivity contribution in [1.82, 2.24) is 0 Å². The Labute approximate surface area is 65.1 Å². The van der Waals surface area contributed by atoms with Gasteiger partial charge in [-0.25, -0.2) is 4.39 Å². The highest BCUT2D eigenvalue weighted by Gasteiger charge is 1.93. The molecule has 11 heavy (non-hydrogen) atoms. The minimum Gasteiger partial charge on any atom is -0.489 e. The van der Waals surface area contributed by atoms with Gasteiger partial charge < -0.3 is 4.74 Å². The molecule has 0 amide bonds. The topological polar surface area (TPSA) is 9.23 Å². The highest BCUT2D eigenvalue weighted by molar-refractivity contribution is 5.21. The number of rotatable bonds is 3. The van der Waals surface area contributed by atoms with Crippen LogP contribution in [0.2, 0.25) is 0 Å². The average Bonchev–Trinajstić information content (AvgIpc) is 2.01. The van der Waals surface area contributed by atoms with Gasteiger partial charge in [0.1, 0.15) is 18.2 Å². The molecule has 0 spiro atoms. The van der Waals surface area contributed by atoms with Crippen LogP contribution in [0.4, 0.5) is 4.39 Å². The van der Waals surface area contributed by atoms with E-state index < -0.39 is 5.82 Å². The lowest BCUT2D eigenvalue weighted by Gasteiger charge is -2.00. The fourth-order valence-corrected chi connectivity index (χ4v) is 0.663. The Kier molecular flexibility index (Phi) is 2.66. The third-order valence-electron chi connectivity index (χ3n) is 1.11. The molecule has 0 heterocycles. The van der Waals surface area contributed by atoms with Crippen LogP contribution in [0.15, 0.2) is 30.9 Å². The summed E-state index contributed by atoms with van der Waals surface area (Å²) < 4.78 is 17.5. The number of hydrogen-bond donors (Lipinski definition) is 0. The molecule has 1 aromatic rings. The van der Waals surface area contributed by atoms with Crippen LogP contribution in [0, 0.1) is 11.9 Å². The number of benzene rings is 1. The Morgan fingerprint density at radius 2 is 2.55 bits per heavy atom. The molecule has 2 heteroatoms. The molecule has 0 saturated heterocycles. The maximum Gasteiger partial charge on any atom is 0.134 e. The number of ether oxygens (including phenoxy) is 1. The van der Waals surface area contributed by atoms with Crippen molar-refractivity contribution in [2.24, 2.45) is 0 Å². The Morgan fingerprint density at radius 3 is 3.18 bits per heavy atom. The first-order valence-electron chi connectivity index (χ1n) is 3.24. The van der Waals surface area contributed by atoms with Crippen molar-refractivity contribution in [2.45, 2.75) is 0 Å². The van der Waals surface area contributed by atoms with Gasteiger partial charge in [-0.1, -0.05) is 12.7 Å². The zero-order chi connectivity index (χ0) is 8.10. The first-order valence-corrected chi connectivity index (χ1v) is 3.24. The lowest BCUT2D eigenvalue weighted by Crippen LogP contribution is -1.92. The molecule has 0 aliphatic carbocycles. The molecule has 0 aromatic heterocycles. The number of halogens is 1. The monoisotopic (exact) mass is 151 g/mol. The fraction of sp³-hybridized carbons (Fsp3) is 0.111. The molecule has 0 atom stereocenters. The molecule has 0 N–H and O–H groups in total. The van der Waals surface area contributed by atoms with E-state index in [0.29, 0.717) is 12.4 Å². The lowest BCUT2D eigenvalue weighted by atomic mass is 10.3. The summed E-state index contributed by atoms with van der Waals surface area (Å²) in [5.74, 6) is 0.0905. The summed E-state index contributed by atoms with van der Waals surface area (Å²) in [5, 5.41) is 0. The minimum atomic E-state index is -0.411. The summed E-state index contributed by atoms with van der Waals surface area (Å²) >= 11 is 0. The molecule has 0 aliphatic heterocycles. The van der Waals surface area contributed by atoms with Crippen molar-refractivity contribution in [3.05, 3.63) is 42.7 Å². The molecule has 1 nitrogen and oxygen atoms in total. The summed E-state index contributed by atoms with van der Waals surface area (Å²) in [6.07, 6.45) is 1.61. The van der Waals surface area contributed by atoms with E-state index in [-0.39, 0.29) is 0 Å². The molecule has 1 aromatic carbocycles. The van der Waals surface area contributed by atoms with Gasteiger partial charge in [0, 0.05) is 12.1 Å². The Hall–Kier alpha value is -1.31. The van der Waals surface area contributed by atoms with Crippen LogP contribution in [-0.2, 0) is 0 Å². The second kappa shape index (κ2) is 3.76. The average molecular weight is 151 g/mol. The zero-order valence-corrected chi connectivity index (χ0v) is 6.01. The van der Waals surface area contributed by atoms with Gasteiger partial charge in [0.2, 0.25) is 0 Å². The largest absolute Gasteiger partial charge is 0.489 e. The van der Waals surface area contributed by atoms with Gasteiger partial charge in [-0.2, -0.15) is 0 Å². The van der Waals surface area contributed by atoms with Crippen molar-refractivity contribution < 1.29 is 9.13 Å². The van der Waals surface area contributed by atoms with Gasteiger partial charge in [-0.3, -0.25) is 0 Å². The maximum absolute atomic E-state index is 12.4. The molecule has 0 unspecified atom stereocenters. The summed E-state index contributed by atoms with van der Waals surface area (Å²) in [4.78, 5) is 0. The third kappa shape index (κ3) is 2.42. The molecular weight excluding hydrogens is 143 g/mol. The van der Waals surface area contributed by atoms with Crippen LogP contribution in [0.1, 0.15) is 0 Å². The predicted molar refractivity (Wildman–Crippen MR) is 40.9 cm³/mol. The van der Waals surface area contributed by atoms with Crippen LogP contribution < -0.4 is 4.74 Å². The molecule has 1 rings (SSSR count). The van der Waals surface area contributed by atoms with Crippen LogP contribution in [-0.4, -0.2) is 6.61 Å². The van der Waals surface area contributed by atoms with Gasteiger partial charge in [-0.15, -0.1) is 0 Å². The second-order valence-electron chi connectivity index (χ2n) is 1.97. The highest BCUT2D eigenvalue weighted by atomic mass is 19.1. The predicted octanol–water partition coefficient (Wildman–Crippen LogP) is 2.19. The number of hydrogen-bond acceptors (Lipinski definition) is 1. The Bertz CT molecular complexity index is 245. The summed E-state index contributed by atoms with van der Waals surface area (Å²) in [5.41, 5.74) is 0. The van der Waals surface area contributed by atoms with Gasteiger partial charge in [0.15, 0.2) is 0 Å². The van der Waals surface area contributed by atoms with Crippen molar-refractivity contribution in [2.75, 3.05) is 6.61 Å². The third-order valence-corrected chi connectivity index (χ3v) is 1.11. The molecule has 0 bridgehead atoms. The van der Waals surface area contributed by atoms with E-state index in [4.69, 9.17) is 4.74 Å². The van der Waals surface area contributed by atoms with Crippen LogP contribution in [0.5, 0.6) is 5.75 Å². The van der Waals surface area contributed by atoms with E-state index in [9.17, 15) is 4.39 Å². The molecule has 0 aliphatic rings. The molecule has 0 saturated carbocycles. The van der Waals surface area contributed by atoms with Gasteiger partial charge >= 0.3 is 0 Å². The van der Waals surface area contributed by atoms with Crippen LogP contribution >= 0.6 is 0 Å². The zero-order valence-electron chi connectivity index (χ0n) is 6.01. The van der Waals surface area contributed by atoms with Gasteiger partial charge in [-0.05, 0) is 12.1 Å². The van der Waals surface area contributed by atoms with E-state index >= 15 is 0 Å². The van der Waals surface area contributed by atoms with E-state index in [1.807, 2.05) is 0 Å². The van der Waals surface area contributed by atoms with Gasteiger partial charge in [0.25, 0.3) is 0 Å². The summed E-state index contributed by atoms with van der Waals surface area (Å²) in [7, 11) is 0. The fourth-order valence-electron chi connectivity index (χ4n) is 0.663. The standard InChI is InChI=1S/C9H8FO/c1-2-6-11-9-5-3-4-8(10)7-9/h2-3,5,7H,1,6H2. The minimum absolute atomic E-state index is 0.392. The molecule has 0 fully saturated rings. The van der Waals surface area contributed by atoms with E-state index in [1.165, 1.54) is 12.1 Å². The van der Waals surface area contributed by atoms with Crippen molar-refractivity contribution >= 4 is 0 Å². The van der Waals surface area contributed by atoms with E-state index in [0.717, 1.165) is 0 Å². The van der Waals surface area contributed by atoms with E-state index in [2.05, 4.69) is 12.6 Å². The second-order valence-corrected chi connectivity index (χ2v) is 1.97. The van der Waals surface area contributed by atoms with Gasteiger partial charge in [0.05, 0.1) is 0 Å². The SMILES string of the molecule is C=CCOc1cc[c]c(F)c1. The Morgan fingerprint density at radius 1 is 1.73 bits per heavy atom. The summed E-state index contributed by atoms with van der Waals surface area (Å²) in [6.45, 7) is 3.86. The van der Waals surface area contributed by atoms with Crippen molar-refractivity contribution in [1.29, 1.82) is 0 Å². The Balaban J connectivity index is 2.63. The summed E-state index contributed by atoms with van der Waals surface area (Å²) in [6, 6.07) is 6.78. The smallest absolute Gasteiger partial charge is 0.134 e. The van der Waals surface area contributed by atoms with Crippen molar-refractivity contribution in [3.63, 3.8) is 0 Å². The molecule has 1 radical (unpaired) electrons. The quantitative estimate of drug-likeness (QED) is 0.601. The first-order chi connectivity index (χ1) is 5.33. The molecule has 57 valence electrons. The first kappa shape index (κ1) is 7.79. The molecular formula is C9H8FO. The van der Waals surface area contributed by atoms with Crippen LogP contribution in [0.3, 0.4) is 0 Å². The van der Waals surface area contributed by atoms with Crippen LogP contribution in [0.25, 0.3) is 0 Å². The lowest BCUT2D eigenvalue weighted by molar-refractivity contribution is 0.361. The maximum atomic E-state index is 12.4. The highest BCUT2D eigenvalue weighted by Crippen LogP contribution is 2.10. The van der Waals surface area contributed by atoms with Crippen molar-refractivity contribution in [3.8, 4) is 5.75 Å². The normalized spacial score (nSPS) is 9.18. The van der Waals surface area contributed by atoms with E-state index in [1.54, 1.807) is 12.1 Å².